The molecule has 1 aromatic heterocycles. The summed E-state index contributed by atoms with van der Waals surface area (Å²) in [5.74, 6) is 0.680. The van der Waals surface area contributed by atoms with Crippen LogP contribution in [-0.2, 0) is 6.54 Å². The number of likely N-dealkylation sites (tertiary alicyclic amines) is 1. The first-order valence-electron chi connectivity index (χ1n) is 7.07. The van der Waals surface area contributed by atoms with Gasteiger partial charge < -0.3 is 5.73 Å². The molecule has 0 radical (unpaired) electrons. The lowest BCUT2D eigenvalue weighted by Gasteiger charge is -2.31. The Morgan fingerprint density at radius 2 is 2.21 bits per heavy atom. The number of halogens is 1. The molecule has 2 heterocycles. The van der Waals surface area contributed by atoms with Gasteiger partial charge in [0.2, 0.25) is 0 Å². The summed E-state index contributed by atoms with van der Waals surface area (Å²) in [4.78, 5) is 2.52. The second-order valence-corrected chi connectivity index (χ2v) is 5.79. The van der Waals surface area contributed by atoms with Crippen molar-refractivity contribution in [3.63, 3.8) is 0 Å². The molecule has 2 rings (SSSR count). The number of nitrogens with zero attached hydrogens (tertiary/aromatic N) is 3. The highest BCUT2D eigenvalue weighted by Gasteiger charge is 2.20. The summed E-state index contributed by atoms with van der Waals surface area (Å²) in [6.07, 6.45) is 4.77. The molecule has 1 aliphatic heterocycles. The molecule has 1 aromatic rings. The zero-order chi connectivity index (χ0) is 13.1. The van der Waals surface area contributed by atoms with Crippen molar-refractivity contribution < 1.29 is 0 Å². The van der Waals surface area contributed by atoms with Crippen LogP contribution in [0, 0.1) is 12.8 Å². The highest BCUT2D eigenvalue weighted by molar-refractivity contribution is 5.85. The number of nitrogens with two attached hydrogens (primary N) is 1. The molecule has 1 atom stereocenters. The van der Waals surface area contributed by atoms with E-state index in [0.29, 0.717) is 12.0 Å². The van der Waals surface area contributed by atoms with Gasteiger partial charge in [-0.25, -0.2) is 0 Å². The third kappa shape index (κ3) is 4.20. The van der Waals surface area contributed by atoms with E-state index < -0.39 is 0 Å². The van der Waals surface area contributed by atoms with Gasteiger partial charge in [-0.2, -0.15) is 5.10 Å². The molecule has 0 aromatic carbocycles. The van der Waals surface area contributed by atoms with Gasteiger partial charge in [0, 0.05) is 30.9 Å². The molecule has 0 aliphatic carbocycles. The van der Waals surface area contributed by atoms with E-state index in [4.69, 9.17) is 5.73 Å². The molecule has 0 saturated carbocycles. The van der Waals surface area contributed by atoms with E-state index in [9.17, 15) is 0 Å². The summed E-state index contributed by atoms with van der Waals surface area (Å²) in [6.45, 7) is 10.6. The number of rotatable bonds is 4. The lowest BCUT2D eigenvalue weighted by Crippen LogP contribution is -2.37. The zero-order valence-electron chi connectivity index (χ0n) is 12.3. The summed E-state index contributed by atoms with van der Waals surface area (Å²) >= 11 is 0. The summed E-state index contributed by atoms with van der Waals surface area (Å²) in [7, 11) is 0. The maximum atomic E-state index is 5.79. The molecule has 0 bridgehead atoms. The van der Waals surface area contributed by atoms with Crippen molar-refractivity contribution in [3.05, 3.63) is 17.5 Å². The summed E-state index contributed by atoms with van der Waals surface area (Å²) in [6, 6.07) is 0.440. The predicted molar refractivity (Wildman–Crippen MR) is 81.7 cm³/mol. The zero-order valence-corrected chi connectivity index (χ0v) is 13.1. The summed E-state index contributed by atoms with van der Waals surface area (Å²) in [5, 5.41) is 4.58. The molecule has 2 N–H and O–H groups in total. The largest absolute Gasteiger partial charge is 0.330 e. The minimum atomic E-state index is 0. The van der Waals surface area contributed by atoms with Gasteiger partial charge in [-0.3, -0.25) is 9.58 Å². The van der Waals surface area contributed by atoms with E-state index in [-0.39, 0.29) is 12.4 Å². The minimum Gasteiger partial charge on any atom is -0.330 e. The van der Waals surface area contributed by atoms with E-state index in [0.717, 1.165) is 19.6 Å². The van der Waals surface area contributed by atoms with E-state index >= 15 is 0 Å². The third-order valence-corrected chi connectivity index (χ3v) is 3.88. The SMILES string of the molecule is Cc1nn(C(C)C)cc1CN1CCCC(CN)C1.Cl. The Morgan fingerprint density at radius 1 is 1.47 bits per heavy atom. The number of hydrogen-bond acceptors (Lipinski definition) is 3. The molecule has 0 spiro atoms. The van der Waals surface area contributed by atoms with Crippen molar-refractivity contribution in [2.75, 3.05) is 19.6 Å². The average Bonchev–Trinajstić information content (AvgIpc) is 2.71. The second-order valence-electron chi connectivity index (χ2n) is 5.79. The first kappa shape index (κ1) is 16.5. The Hall–Kier alpha value is -0.580. The topological polar surface area (TPSA) is 47.1 Å². The molecule has 1 aliphatic rings. The van der Waals surface area contributed by atoms with Gasteiger partial charge >= 0.3 is 0 Å². The van der Waals surface area contributed by atoms with Crippen LogP contribution in [-0.4, -0.2) is 34.3 Å². The van der Waals surface area contributed by atoms with Gasteiger partial charge in [0.15, 0.2) is 0 Å². The Bertz CT molecular complexity index is 389. The highest BCUT2D eigenvalue weighted by Crippen LogP contribution is 2.19. The van der Waals surface area contributed by atoms with Crippen molar-refractivity contribution >= 4 is 12.4 Å². The average molecular weight is 287 g/mol. The van der Waals surface area contributed by atoms with Crippen LogP contribution in [0.5, 0.6) is 0 Å². The van der Waals surface area contributed by atoms with Crippen LogP contribution >= 0.6 is 12.4 Å². The maximum Gasteiger partial charge on any atom is 0.0638 e. The smallest absolute Gasteiger partial charge is 0.0638 e. The number of aromatic nitrogens is 2. The van der Waals surface area contributed by atoms with Crippen LogP contribution in [0.25, 0.3) is 0 Å². The predicted octanol–water partition coefficient (Wildman–Crippen LogP) is 2.36. The Morgan fingerprint density at radius 3 is 2.79 bits per heavy atom. The molecule has 19 heavy (non-hydrogen) atoms. The molecule has 1 fully saturated rings. The Kier molecular flexibility index (Phi) is 6.30. The van der Waals surface area contributed by atoms with Crippen LogP contribution in [0.15, 0.2) is 6.20 Å². The Balaban J connectivity index is 0.00000180. The Labute approximate surface area is 122 Å². The minimum absolute atomic E-state index is 0. The summed E-state index contributed by atoms with van der Waals surface area (Å²) < 4.78 is 2.06. The van der Waals surface area contributed by atoms with E-state index in [1.165, 1.54) is 30.6 Å². The first-order chi connectivity index (χ1) is 8.60. The molecule has 4 nitrogen and oxygen atoms in total. The van der Waals surface area contributed by atoms with Crippen molar-refractivity contribution in [1.29, 1.82) is 0 Å². The number of aryl methyl sites for hydroxylation is 1. The lowest BCUT2D eigenvalue weighted by atomic mass is 9.98. The van der Waals surface area contributed by atoms with Gasteiger partial charge in [-0.1, -0.05) is 0 Å². The van der Waals surface area contributed by atoms with Crippen molar-refractivity contribution in [1.82, 2.24) is 14.7 Å². The fourth-order valence-electron chi connectivity index (χ4n) is 2.67. The van der Waals surface area contributed by atoms with Crippen LogP contribution < -0.4 is 5.73 Å². The van der Waals surface area contributed by atoms with Crippen LogP contribution in [0.1, 0.15) is 44.0 Å². The van der Waals surface area contributed by atoms with Crippen molar-refractivity contribution in [2.45, 2.75) is 46.2 Å². The van der Waals surface area contributed by atoms with Crippen molar-refractivity contribution in [3.8, 4) is 0 Å². The first-order valence-corrected chi connectivity index (χ1v) is 7.07. The molecule has 110 valence electrons. The summed E-state index contributed by atoms with van der Waals surface area (Å²) in [5.41, 5.74) is 8.32. The number of piperidine rings is 1. The molecular weight excluding hydrogens is 260 g/mol. The van der Waals surface area contributed by atoms with Crippen LogP contribution in [0.2, 0.25) is 0 Å². The second kappa shape index (κ2) is 7.27. The van der Waals surface area contributed by atoms with Gasteiger partial charge in [0.05, 0.1) is 5.69 Å². The molecule has 1 unspecified atom stereocenters. The van der Waals surface area contributed by atoms with Gasteiger partial charge in [-0.05, 0) is 52.6 Å². The fraction of sp³-hybridized carbons (Fsp3) is 0.786. The monoisotopic (exact) mass is 286 g/mol. The lowest BCUT2D eigenvalue weighted by molar-refractivity contribution is 0.170. The van der Waals surface area contributed by atoms with Gasteiger partial charge in [-0.15, -0.1) is 12.4 Å². The third-order valence-electron chi connectivity index (χ3n) is 3.88. The van der Waals surface area contributed by atoms with Gasteiger partial charge in [0.25, 0.3) is 0 Å². The van der Waals surface area contributed by atoms with Crippen LogP contribution in [0.3, 0.4) is 0 Å². The molecule has 0 amide bonds. The van der Waals surface area contributed by atoms with Crippen molar-refractivity contribution in [2.24, 2.45) is 11.7 Å². The highest BCUT2D eigenvalue weighted by atomic mass is 35.5. The fourth-order valence-corrected chi connectivity index (χ4v) is 2.67. The normalized spacial score (nSPS) is 20.6. The van der Waals surface area contributed by atoms with Gasteiger partial charge in [0.1, 0.15) is 0 Å². The quantitative estimate of drug-likeness (QED) is 0.924. The van der Waals surface area contributed by atoms with E-state index in [2.05, 4.69) is 41.6 Å². The molecule has 5 heteroatoms. The maximum absolute atomic E-state index is 5.79. The molecule has 1 saturated heterocycles. The molecular formula is C14H27ClN4. The standard InChI is InChI=1S/C14H26N4.ClH/c1-11(2)18-10-14(12(3)16-18)9-17-6-4-5-13(7-15)8-17;/h10-11,13H,4-9,15H2,1-3H3;1H. The number of hydrogen-bond donors (Lipinski definition) is 1. The van der Waals surface area contributed by atoms with E-state index in [1.807, 2.05) is 0 Å². The van der Waals surface area contributed by atoms with E-state index in [1.54, 1.807) is 0 Å². The van der Waals surface area contributed by atoms with Crippen LogP contribution in [0.4, 0.5) is 0 Å².